The molecule has 0 aromatic heterocycles. The lowest BCUT2D eigenvalue weighted by Crippen LogP contribution is -2.26. The predicted octanol–water partition coefficient (Wildman–Crippen LogP) is 3.23. The van der Waals surface area contributed by atoms with Gasteiger partial charge in [-0.2, -0.15) is 0 Å². The molecule has 1 amide bonds. The number of nitrogens with two attached hydrogens (primary N) is 1. The molecule has 0 aliphatic heterocycles. The maximum atomic E-state index is 12.1. The number of halogens is 1. The summed E-state index contributed by atoms with van der Waals surface area (Å²) in [5.74, 6) is 5.18. The van der Waals surface area contributed by atoms with Crippen LogP contribution in [0.3, 0.4) is 0 Å². The second kappa shape index (κ2) is 6.54. The minimum absolute atomic E-state index is 0.0627. The molecule has 5 heteroatoms. The lowest BCUT2D eigenvalue weighted by molar-refractivity contribution is 0.0940. The highest BCUT2D eigenvalue weighted by Crippen LogP contribution is 2.18. The molecule has 20 heavy (non-hydrogen) atoms. The van der Waals surface area contributed by atoms with Crippen LogP contribution in [-0.2, 0) is 0 Å². The number of carbonyl (C=O) groups excluding carboxylic acids is 1. The van der Waals surface area contributed by atoms with Crippen molar-refractivity contribution in [2.45, 2.75) is 13.0 Å². The number of hydrogen-bond donors (Lipinski definition) is 3. The third-order valence-corrected chi connectivity index (χ3v) is 3.50. The zero-order valence-corrected chi connectivity index (χ0v) is 12.6. The number of anilines is 1. The van der Waals surface area contributed by atoms with E-state index >= 15 is 0 Å². The molecule has 0 bridgehead atoms. The summed E-state index contributed by atoms with van der Waals surface area (Å²) in [6, 6.07) is 14.8. The Balaban J connectivity index is 2.06. The van der Waals surface area contributed by atoms with E-state index in [0.29, 0.717) is 5.56 Å². The molecule has 2 rings (SSSR count). The summed E-state index contributed by atoms with van der Waals surface area (Å²) in [4.78, 5) is 12.1. The standard InChI is InChI=1S/C15H16BrN3O/c1-10(12-3-2-4-13(16)9-12)18-15(20)11-5-7-14(19-17)8-6-11/h2-10,19H,17H2,1H3,(H,18,20). The normalized spacial score (nSPS) is 11.8. The Morgan fingerprint density at radius 1 is 1.20 bits per heavy atom. The highest BCUT2D eigenvalue weighted by Gasteiger charge is 2.11. The summed E-state index contributed by atoms with van der Waals surface area (Å²) in [6.45, 7) is 1.95. The number of hydrazine groups is 1. The van der Waals surface area contributed by atoms with Gasteiger partial charge in [-0.15, -0.1) is 0 Å². The molecule has 0 spiro atoms. The average Bonchev–Trinajstić information content (AvgIpc) is 2.47. The number of benzene rings is 2. The predicted molar refractivity (Wildman–Crippen MR) is 84.3 cm³/mol. The first-order chi connectivity index (χ1) is 9.60. The van der Waals surface area contributed by atoms with Gasteiger partial charge in [0.05, 0.1) is 6.04 Å². The fourth-order valence-corrected chi connectivity index (χ4v) is 2.27. The molecule has 0 aliphatic rings. The van der Waals surface area contributed by atoms with E-state index in [2.05, 4.69) is 26.7 Å². The van der Waals surface area contributed by atoms with Gasteiger partial charge in [0, 0.05) is 15.7 Å². The SMILES string of the molecule is CC(NC(=O)c1ccc(NN)cc1)c1cccc(Br)c1. The van der Waals surface area contributed by atoms with Crippen LogP contribution in [0, 0.1) is 0 Å². The number of nitrogens with one attached hydrogen (secondary N) is 2. The molecule has 1 unspecified atom stereocenters. The smallest absolute Gasteiger partial charge is 0.251 e. The van der Waals surface area contributed by atoms with Gasteiger partial charge in [-0.3, -0.25) is 10.6 Å². The van der Waals surface area contributed by atoms with Crippen molar-refractivity contribution >= 4 is 27.5 Å². The Morgan fingerprint density at radius 2 is 1.90 bits per heavy atom. The summed E-state index contributed by atoms with van der Waals surface area (Å²) in [5, 5.41) is 2.97. The third kappa shape index (κ3) is 3.59. The van der Waals surface area contributed by atoms with Crippen molar-refractivity contribution in [1.82, 2.24) is 5.32 Å². The average molecular weight is 334 g/mol. The zero-order chi connectivity index (χ0) is 14.5. The topological polar surface area (TPSA) is 67.2 Å². The van der Waals surface area contributed by atoms with Gasteiger partial charge in [-0.25, -0.2) is 0 Å². The van der Waals surface area contributed by atoms with Gasteiger partial charge in [0.1, 0.15) is 0 Å². The molecule has 0 saturated heterocycles. The molecule has 4 N–H and O–H groups in total. The Bertz CT molecular complexity index is 598. The van der Waals surface area contributed by atoms with E-state index in [9.17, 15) is 4.79 Å². The van der Waals surface area contributed by atoms with E-state index in [1.54, 1.807) is 24.3 Å². The van der Waals surface area contributed by atoms with Crippen LogP contribution in [0.25, 0.3) is 0 Å². The van der Waals surface area contributed by atoms with Crippen molar-refractivity contribution in [2.24, 2.45) is 5.84 Å². The lowest BCUT2D eigenvalue weighted by atomic mass is 10.1. The summed E-state index contributed by atoms with van der Waals surface area (Å²) in [7, 11) is 0. The summed E-state index contributed by atoms with van der Waals surface area (Å²) < 4.78 is 0.995. The number of nitrogen functional groups attached to an aromatic ring is 1. The highest BCUT2D eigenvalue weighted by atomic mass is 79.9. The fourth-order valence-electron chi connectivity index (χ4n) is 1.86. The van der Waals surface area contributed by atoms with Crippen LogP contribution in [0.4, 0.5) is 5.69 Å². The van der Waals surface area contributed by atoms with Gasteiger partial charge < -0.3 is 10.7 Å². The van der Waals surface area contributed by atoms with Gasteiger partial charge in [0.15, 0.2) is 0 Å². The lowest BCUT2D eigenvalue weighted by Gasteiger charge is -2.15. The molecule has 2 aromatic carbocycles. The van der Waals surface area contributed by atoms with Gasteiger partial charge in [-0.05, 0) is 48.9 Å². The quantitative estimate of drug-likeness (QED) is 0.594. The van der Waals surface area contributed by atoms with Gasteiger partial charge in [0.2, 0.25) is 0 Å². The maximum Gasteiger partial charge on any atom is 0.251 e. The van der Waals surface area contributed by atoms with E-state index in [0.717, 1.165) is 15.7 Å². The zero-order valence-electron chi connectivity index (χ0n) is 11.1. The monoisotopic (exact) mass is 333 g/mol. The first-order valence-corrected chi connectivity index (χ1v) is 7.02. The number of rotatable bonds is 4. The minimum atomic E-state index is -0.110. The fraction of sp³-hybridized carbons (Fsp3) is 0.133. The first-order valence-electron chi connectivity index (χ1n) is 6.23. The van der Waals surface area contributed by atoms with Crippen LogP contribution in [0.1, 0.15) is 28.9 Å². The Labute approximate surface area is 126 Å². The van der Waals surface area contributed by atoms with E-state index in [1.165, 1.54) is 0 Å². The van der Waals surface area contributed by atoms with Crippen LogP contribution in [0.2, 0.25) is 0 Å². The molecule has 0 radical (unpaired) electrons. The number of amides is 1. The Kier molecular flexibility index (Phi) is 4.76. The number of carbonyl (C=O) groups is 1. The van der Waals surface area contributed by atoms with Gasteiger partial charge in [-0.1, -0.05) is 28.1 Å². The van der Waals surface area contributed by atoms with Crippen LogP contribution in [-0.4, -0.2) is 5.91 Å². The molecular formula is C15H16BrN3O. The van der Waals surface area contributed by atoms with E-state index in [4.69, 9.17) is 5.84 Å². The highest BCUT2D eigenvalue weighted by molar-refractivity contribution is 9.10. The summed E-state index contributed by atoms with van der Waals surface area (Å²) in [6.07, 6.45) is 0. The van der Waals surface area contributed by atoms with Crippen LogP contribution in [0.5, 0.6) is 0 Å². The van der Waals surface area contributed by atoms with Crippen molar-refractivity contribution in [2.75, 3.05) is 5.43 Å². The van der Waals surface area contributed by atoms with Gasteiger partial charge >= 0.3 is 0 Å². The van der Waals surface area contributed by atoms with Crippen LogP contribution in [0.15, 0.2) is 53.0 Å². The van der Waals surface area contributed by atoms with Crippen molar-refractivity contribution in [3.63, 3.8) is 0 Å². The van der Waals surface area contributed by atoms with Gasteiger partial charge in [0.25, 0.3) is 5.91 Å². The summed E-state index contributed by atoms with van der Waals surface area (Å²) >= 11 is 3.43. The van der Waals surface area contributed by atoms with E-state index in [1.807, 2.05) is 31.2 Å². The molecule has 2 aromatic rings. The second-order valence-corrected chi connectivity index (χ2v) is 5.39. The molecule has 0 heterocycles. The second-order valence-electron chi connectivity index (χ2n) is 4.47. The molecular weight excluding hydrogens is 318 g/mol. The maximum absolute atomic E-state index is 12.1. The van der Waals surface area contributed by atoms with E-state index in [-0.39, 0.29) is 11.9 Å². The van der Waals surface area contributed by atoms with Crippen LogP contribution < -0.4 is 16.6 Å². The molecule has 104 valence electrons. The van der Waals surface area contributed by atoms with Crippen molar-refractivity contribution in [1.29, 1.82) is 0 Å². The summed E-state index contributed by atoms with van der Waals surface area (Å²) in [5.41, 5.74) is 4.95. The van der Waals surface area contributed by atoms with Crippen molar-refractivity contribution in [3.05, 3.63) is 64.1 Å². The molecule has 0 fully saturated rings. The Hall–Kier alpha value is -1.85. The van der Waals surface area contributed by atoms with Crippen molar-refractivity contribution < 1.29 is 4.79 Å². The van der Waals surface area contributed by atoms with Crippen molar-refractivity contribution in [3.8, 4) is 0 Å². The molecule has 0 aliphatic carbocycles. The molecule has 4 nitrogen and oxygen atoms in total. The first kappa shape index (κ1) is 14.6. The van der Waals surface area contributed by atoms with E-state index < -0.39 is 0 Å². The third-order valence-electron chi connectivity index (χ3n) is 3.01. The molecule has 0 saturated carbocycles. The molecule has 1 atom stereocenters. The Morgan fingerprint density at radius 3 is 2.50 bits per heavy atom. The minimum Gasteiger partial charge on any atom is -0.346 e. The largest absolute Gasteiger partial charge is 0.346 e. The van der Waals surface area contributed by atoms with Crippen LogP contribution >= 0.6 is 15.9 Å². The number of hydrogen-bond acceptors (Lipinski definition) is 3.